The first-order valence-corrected chi connectivity index (χ1v) is 4.59. The Hall–Kier alpha value is 0.181. The summed E-state index contributed by atoms with van der Waals surface area (Å²) in [7, 11) is 0. The van der Waals surface area contributed by atoms with E-state index in [9.17, 15) is 17.7 Å². The van der Waals surface area contributed by atoms with Crippen LogP contribution in [0.5, 0.6) is 0 Å². The Morgan fingerprint density at radius 1 is 1.25 bits per heavy atom. The van der Waals surface area contributed by atoms with Gasteiger partial charge < -0.3 is 18.3 Å². The van der Waals surface area contributed by atoms with Crippen LogP contribution < -0.4 is 62.2 Å². The first kappa shape index (κ1) is 14.2. The van der Waals surface area contributed by atoms with Crippen molar-refractivity contribution in [2.45, 2.75) is 6.42 Å². The van der Waals surface area contributed by atoms with Crippen LogP contribution in [-0.2, 0) is 6.42 Å². The fourth-order valence-electron chi connectivity index (χ4n) is 1.65. The number of hydrogen-bond acceptors (Lipinski definition) is 1. The second-order valence-corrected chi connectivity index (χ2v) is 3.50. The maximum absolute atomic E-state index is 12.4. The second-order valence-electron chi connectivity index (χ2n) is 3.50. The molecular weight excluding hydrogens is 245 g/mol. The van der Waals surface area contributed by atoms with Crippen LogP contribution in [0.15, 0.2) is 18.2 Å². The average Bonchev–Trinajstić information content (AvgIpc) is 2.16. The van der Waals surface area contributed by atoms with Crippen molar-refractivity contribution in [3.05, 3.63) is 29.3 Å². The summed E-state index contributed by atoms with van der Waals surface area (Å²) in [5.41, 5.74) is 0.198. The largest absolute Gasteiger partial charge is 1.00 e. The zero-order valence-corrected chi connectivity index (χ0v) is 11.9. The summed E-state index contributed by atoms with van der Waals surface area (Å²) in [6.07, 6.45) is 0.459. The molecule has 0 aromatic heterocycles. The van der Waals surface area contributed by atoms with Crippen molar-refractivity contribution < 1.29 is 69.1 Å². The number of rotatable bonds is 1. The van der Waals surface area contributed by atoms with Gasteiger partial charge in [-0.2, -0.15) is 0 Å². The Balaban J connectivity index is 0.00000128. The van der Waals surface area contributed by atoms with E-state index >= 15 is 0 Å². The molecule has 0 bridgehead atoms. The molecule has 1 aromatic rings. The minimum absolute atomic E-state index is 0. The Bertz CT molecular complexity index is 422. The molecule has 0 atom stereocenters. The molecule has 0 radical (unpaired) electrons. The molecule has 1 N–H and O–H groups in total. The molecule has 0 spiro atoms. The van der Waals surface area contributed by atoms with E-state index in [4.69, 9.17) is 0 Å². The van der Waals surface area contributed by atoms with Crippen LogP contribution in [0, 0.1) is 0 Å². The number of benzene rings is 1. The molecule has 16 heavy (non-hydrogen) atoms. The van der Waals surface area contributed by atoms with Crippen LogP contribution in [0.25, 0.3) is 0 Å². The van der Waals surface area contributed by atoms with Gasteiger partial charge in [-0.25, -0.2) is 0 Å². The van der Waals surface area contributed by atoms with Gasteiger partial charge in [0.1, 0.15) is 0 Å². The summed E-state index contributed by atoms with van der Waals surface area (Å²) >= 11 is 0. The van der Waals surface area contributed by atoms with E-state index in [-0.39, 0.29) is 57.3 Å². The number of fused-ring (bicyclic) bond motifs is 1. The van der Waals surface area contributed by atoms with Gasteiger partial charge in [0.05, 0.1) is 0 Å². The maximum atomic E-state index is 12.4. The van der Waals surface area contributed by atoms with Gasteiger partial charge in [0, 0.05) is 12.1 Å². The van der Waals surface area contributed by atoms with Crippen LogP contribution in [0.3, 0.4) is 0 Å². The molecule has 1 heterocycles. The first-order valence-electron chi connectivity index (χ1n) is 4.59. The van der Waals surface area contributed by atoms with Gasteiger partial charge in [-0.3, -0.25) is 4.79 Å². The standard InChI is InChI=1S/C9H8BF3NO.K/c11-10(12,13)7-1-2-8-6(5-7)3-4-14-9(8)15;/h1-2,5H,3-4H2,(H,14,15);/q-1;+1. The van der Waals surface area contributed by atoms with Gasteiger partial charge >= 0.3 is 58.4 Å². The first-order chi connectivity index (χ1) is 6.98. The molecule has 7 heteroatoms. The Morgan fingerprint density at radius 2 is 1.94 bits per heavy atom. The molecule has 2 rings (SSSR count). The van der Waals surface area contributed by atoms with E-state index in [1.54, 1.807) is 0 Å². The van der Waals surface area contributed by atoms with Crippen LogP contribution >= 0.6 is 0 Å². The predicted octanol–water partition coefficient (Wildman–Crippen LogP) is -1.97. The summed E-state index contributed by atoms with van der Waals surface area (Å²) < 4.78 is 37.3. The molecule has 2 nitrogen and oxygen atoms in total. The van der Waals surface area contributed by atoms with E-state index in [1.165, 1.54) is 6.07 Å². The molecular formula is C9H8BF3KNO. The van der Waals surface area contributed by atoms with Crippen molar-refractivity contribution >= 4 is 18.3 Å². The van der Waals surface area contributed by atoms with Crippen molar-refractivity contribution in [3.63, 3.8) is 0 Å². The van der Waals surface area contributed by atoms with E-state index in [2.05, 4.69) is 5.32 Å². The molecule has 1 amide bonds. The SMILES string of the molecule is O=C1NCCc2cc([B-](F)(F)F)ccc21.[K+]. The molecule has 0 saturated carbocycles. The fourth-order valence-corrected chi connectivity index (χ4v) is 1.65. The van der Waals surface area contributed by atoms with Gasteiger partial charge in [0.25, 0.3) is 5.91 Å². The van der Waals surface area contributed by atoms with E-state index < -0.39 is 12.4 Å². The summed E-state index contributed by atoms with van der Waals surface area (Å²) in [6.45, 7) is -4.57. The van der Waals surface area contributed by atoms with Crippen molar-refractivity contribution in [2.75, 3.05) is 6.54 Å². The van der Waals surface area contributed by atoms with Crippen molar-refractivity contribution in [1.82, 2.24) is 5.32 Å². The summed E-state index contributed by atoms with van der Waals surface area (Å²) in [4.78, 5) is 11.3. The number of carbonyl (C=O) groups excluding carboxylic acids is 1. The predicted molar refractivity (Wildman–Crippen MR) is 51.2 cm³/mol. The van der Waals surface area contributed by atoms with Gasteiger partial charge in [0.2, 0.25) is 0 Å². The Kier molecular flexibility index (Phi) is 4.65. The third-order valence-corrected chi connectivity index (χ3v) is 2.43. The minimum Gasteiger partial charge on any atom is -0.445 e. The number of amides is 1. The zero-order valence-electron chi connectivity index (χ0n) is 8.77. The number of carbonyl (C=O) groups is 1. The molecule has 0 aliphatic carbocycles. The summed E-state index contributed by atoms with van der Waals surface area (Å²) in [5.74, 6) is -0.294. The summed E-state index contributed by atoms with van der Waals surface area (Å²) in [6, 6.07) is 3.28. The van der Waals surface area contributed by atoms with E-state index in [1.807, 2.05) is 0 Å². The molecule has 1 aliphatic heterocycles. The third-order valence-electron chi connectivity index (χ3n) is 2.43. The van der Waals surface area contributed by atoms with E-state index in [0.717, 1.165) is 12.1 Å². The van der Waals surface area contributed by atoms with E-state index in [0.29, 0.717) is 24.1 Å². The zero-order chi connectivity index (χ0) is 11.1. The molecule has 0 saturated heterocycles. The van der Waals surface area contributed by atoms with Gasteiger partial charge in [-0.05, 0) is 12.0 Å². The monoisotopic (exact) mass is 253 g/mol. The number of hydrogen-bond donors (Lipinski definition) is 1. The Morgan fingerprint density at radius 3 is 2.56 bits per heavy atom. The fraction of sp³-hybridized carbons (Fsp3) is 0.222. The van der Waals surface area contributed by atoms with Crippen LogP contribution in [0.2, 0.25) is 0 Å². The number of halogens is 3. The van der Waals surface area contributed by atoms with Crippen molar-refractivity contribution in [3.8, 4) is 0 Å². The quantitative estimate of drug-likeness (QED) is 0.578. The van der Waals surface area contributed by atoms with Crippen LogP contribution in [0.1, 0.15) is 15.9 Å². The van der Waals surface area contributed by atoms with Crippen molar-refractivity contribution in [1.29, 1.82) is 0 Å². The normalized spacial score (nSPS) is 14.8. The second kappa shape index (κ2) is 5.22. The van der Waals surface area contributed by atoms with Crippen LogP contribution in [-0.4, -0.2) is 19.4 Å². The molecule has 0 unspecified atom stereocenters. The summed E-state index contributed by atoms with van der Waals surface area (Å²) in [5, 5.41) is 2.58. The topological polar surface area (TPSA) is 29.1 Å². The molecule has 0 fully saturated rings. The minimum atomic E-state index is -4.98. The van der Waals surface area contributed by atoms with Gasteiger partial charge in [-0.15, -0.1) is 5.46 Å². The molecule has 80 valence electrons. The molecule has 1 aliphatic rings. The molecule has 1 aromatic carbocycles. The number of nitrogens with one attached hydrogen (secondary N) is 1. The smallest absolute Gasteiger partial charge is 0.445 e. The maximum Gasteiger partial charge on any atom is 1.00 e. The average molecular weight is 253 g/mol. The third kappa shape index (κ3) is 2.89. The van der Waals surface area contributed by atoms with Crippen LogP contribution in [0.4, 0.5) is 12.9 Å². The van der Waals surface area contributed by atoms with Gasteiger partial charge in [0.15, 0.2) is 0 Å². The Labute approximate surface area is 133 Å². The van der Waals surface area contributed by atoms with Crippen molar-refractivity contribution in [2.24, 2.45) is 0 Å². The van der Waals surface area contributed by atoms with Gasteiger partial charge in [-0.1, -0.05) is 18.2 Å².